The minimum Gasteiger partial charge on any atom is -0.394 e. The second kappa shape index (κ2) is 11.3. The Bertz CT molecular complexity index is 508. The van der Waals surface area contributed by atoms with Gasteiger partial charge in [0.2, 0.25) is 0 Å². The molecule has 130 valence electrons. The Morgan fingerprint density at radius 1 is 1.61 bits per heavy atom. The van der Waals surface area contributed by atoms with Crippen molar-refractivity contribution in [3.8, 4) is 0 Å². The predicted molar refractivity (Wildman–Crippen MR) is 94.9 cm³/mol. The van der Waals surface area contributed by atoms with Crippen molar-refractivity contribution in [3.63, 3.8) is 0 Å². The van der Waals surface area contributed by atoms with Crippen LogP contribution in [0.5, 0.6) is 0 Å². The molecule has 0 aliphatic rings. The van der Waals surface area contributed by atoms with Crippen molar-refractivity contribution < 1.29 is 10.0 Å². The van der Waals surface area contributed by atoms with Crippen LogP contribution < -0.4 is 5.32 Å². The second-order valence-electron chi connectivity index (χ2n) is 4.99. The first-order valence-corrected chi connectivity index (χ1v) is 9.20. The SMILES string of the molecule is CN(C)Cc1nc(CSCCNC(C[N+](=O)[O-])=NCCO)cs1. The van der Waals surface area contributed by atoms with Gasteiger partial charge in [-0.1, -0.05) is 0 Å². The van der Waals surface area contributed by atoms with Gasteiger partial charge in [-0.05, 0) is 14.1 Å². The van der Waals surface area contributed by atoms with Crippen molar-refractivity contribution in [2.75, 3.05) is 46.1 Å². The van der Waals surface area contributed by atoms with Gasteiger partial charge in [0.1, 0.15) is 5.01 Å². The van der Waals surface area contributed by atoms with E-state index in [0.717, 1.165) is 28.8 Å². The Balaban J connectivity index is 2.25. The summed E-state index contributed by atoms with van der Waals surface area (Å²) in [4.78, 5) is 20.7. The summed E-state index contributed by atoms with van der Waals surface area (Å²) in [5.74, 6) is 1.94. The van der Waals surface area contributed by atoms with Gasteiger partial charge in [-0.15, -0.1) is 11.3 Å². The summed E-state index contributed by atoms with van der Waals surface area (Å²) >= 11 is 3.38. The molecule has 0 radical (unpaired) electrons. The smallest absolute Gasteiger partial charge is 0.259 e. The summed E-state index contributed by atoms with van der Waals surface area (Å²) in [5.41, 5.74) is 1.07. The van der Waals surface area contributed by atoms with Gasteiger partial charge >= 0.3 is 0 Å². The van der Waals surface area contributed by atoms with E-state index in [2.05, 4.69) is 25.6 Å². The highest BCUT2D eigenvalue weighted by Gasteiger charge is 2.07. The molecule has 23 heavy (non-hydrogen) atoms. The molecule has 0 amide bonds. The number of thioether (sulfide) groups is 1. The van der Waals surface area contributed by atoms with Crippen molar-refractivity contribution in [3.05, 3.63) is 26.2 Å². The van der Waals surface area contributed by atoms with E-state index in [-0.39, 0.29) is 19.7 Å². The summed E-state index contributed by atoms with van der Waals surface area (Å²) in [5, 5.41) is 25.4. The van der Waals surface area contributed by atoms with Gasteiger partial charge in [-0.3, -0.25) is 15.1 Å². The standard InChI is InChI=1S/C13H23N5O3S2/c1-17(2)8-13-16-11(10-23-13)9-22-6-4-15-12(7-18(20)21)14-3-5-19/h10,19H,3-9H2,1-2H3,(H,14,15). The zero-order chi connectivity index (χ0) is 17.1. The van der Waals surface area contributed by atoms with Crippen LogP contribution in [0.2, 0.25) is 0 Å². The number of nitrogens with one attached hydrogen (secondary N) is 1. The molecule has 0 fully saturated rings. The molecule has 8 nitrogen and oxygen atoms in total. The molecule has 10 heteroatoms. The van der Waals surface area contributed by atoms with E-state index >= 15 is 0 Å². The lowest BCUT2D eigenvalue weighted by Gasteiger charge is -2.06. The van der Waals surface area contributed by atoms with Crippen molar-refractivity contribution in [2.45, 2.75) is 12.3 Å². The number of aliphatic hydroxyl groups is 1. The average molecular weight is 361 g/mol. The zero-order valence-electron chi connectivity index (χ0n) is 13.4. The van der Waals surface area contributed by atoms with Crippen LogP contribution >= 0.6 is 23.1 Å². The summed E-state index contributed by atoms with van der Waals surface area (Å²) < 4.78 is 0. The Morgan fingerprint density at radius 2 is 2.39 bits per heavy atom. The maximum Gasteiger partial charge on any atom is 0.259 e. The molecule has 0 aliphatic heterocycles. The lowest BCUT2D eigenvalue weighted by atomic mass is 10.5. The molecule has 1 aromatic heterocycles. The van der Waals surface area contributed by atoms with Crippen LogP contribution in [0.4, 0.5) is 0 Å². The van der Waals surface area contributed by atoms with E-state index in [0.29, 0.717) is 12.4 Å². The monoisotopic (exact) mass is 361 g/mol. The van der Waals surface area contributed by atoms with Crippen LogP contribution in [0.1, 0.15) is 10.7 Å². The number of aromatic nitrogens is 1. The third-order valence-corrected chi connectivity index (χ3v) is 4.43. The Kier molecular flexibility index (Phi) is 9.76. The van der Waals surface area contributed by atoms with Crippen molar-refractivity contribution in [1.82, 2.24) is 15.2 Å². The summed E-state index contributed by atoms with van der Waals surface area (Å²) in [6, 6.07) is 0. The van der Waals surface area contributed by atoms with E-state index in [1.54, 1.807) is 23.1 Å². The number of aliphatic hydroxyl groups excluding tert-OH is 1. The first-order chi connectivity index (χ1) is 11.0. The van der Waals surface area contributed by atoms with Gasteiger partial charge in [-0.25, -0.2) is 4.98 Å². The molecule has 0 atom stereocenters. The molecular weight excluding hydrogens is 338 g/mol. The van der Waals surface area contributed by atoms with Crippen molar-refractivity contribution in [2.24, 2.45) is 4.99 Å². The molecular formula is C13H23N5O3S2. The molecule has 0 aliphatic carbocycles. The van der Waals surface area contributed by atoms with E-state index in [1.165, 1.54) is 0 Å². The van der Waals surface area contributed by atoms with Gasteiger partial charge in [0, 0.05) is 34.9 Å². The van der Waals surface area contributed by atoms with E-state index in [4.69, 9.17) is 5.11 Å². The lowest BCUT2D eigenvalue weighted by molar-refractivity contribution is -0.463. The molecule has 1 rings (SSSR count). The zero-order valence-corrected chi connectivity index (χ0v) is 15.0. The number of amidine groups is 1. The van der Waals surface area contributed by atoms with Crippen LogP contribution in [0.25, 0.3) is 0 Å². The average Bonchev–Trinajstić information content (AvgIpc) is 2.90. The molecule has 0 saturated heterocycles. The van der Waals surface area contributed by atoms with Gasteiger partial charge in [0.25, 0.3) is 6.54 Å². The van der Waals surface area contributed by atoms with Gasteiger partial charge in [-0.2, -0.15) is 11.8 Å². The molecule has 0 bridgehead atoms. The fraction of sp³-hybridized carbons (Fsp3) is 0.692. The second-order valence-corrected chi connectivity index (χ2v) is 7.04. The normalized spacial score (nSPS) is 11.9. The molecule has 0 saturated carbocycles. The van der Waals surface area contributed by atoms with Crippen molar-refractivity contribution in [1.29, 1.82) is 0 Å². The minimum absolute atomic E-state index is 0.114. The number of hydrogen-bond donors (Lipinski definition) is 2. The van der Waals surface area contributed by atoms with E-state index in [9.17, 15) is 10.1 Å². The Hall–Kier alpha value is -1.23. The Morgan fingerprint density at radius 3 is 3.04 bits per heavy atom. The highest BCUT2D eigenvalue weighted by atomic mass is 32.2. The maximum atomic E-state index is 10.5. The predicted octanol–water partition coefficient (Wildman–Crippen LogP) is 0.695. The highest BCUT2D eigenvalue weighted by Crippen LogP contribution is 2.16. The number of hydrogen-bond acceptors (Lipinski definition) is 8. The first kappa shape index (κ1) is 19.8. The van der Waals surface area contributed by atoms with E-state index < -0.39 is 4.92 Å². The molecule has 1 heterocycles. The summed E-state index contributed by atoms with van der Waals surface area (Å²) in [7, 11) is 4.03. The van der Waals surface area contributed by atoms with Crippen LogP contribution in [0.3, 0.4) is 0 Å². The van der Waals surface area contributed by atoms with Crippen LogP contribution in [-0.4, -0.2) is 71.8 Å². The highest BCUT2D eigenvalue weighted by molar-refractivity contribution is 7.98. The van der Waals surface area contributed by atoms with Crippen LogP contribution in [0, 0.1) is 10.1 Å². The molecule has 2 N–H and O–H groups in total. The minimum atomic E-state index is -0.433. The number of nitrogens with zero attached hydrogens (tertiary/aromatic N) is 4. The topological polar surface area (TPSA) is 104 Å². The quantitative estimate of drug-likeness (QED) is 0.196. The van der Waals surface area contributed by atoms with Crippen molar-refractivity contribution >= 4 is 28.9 Å². The molecule has 0 spiro atoms. The third kappa shape index (κ3) is 9.49. The summed E-state index contributed by atoms with van der Waals surface area (Å²) in [6.45, 7) is 1.16. The summed E-state index contributed by atoms with van der Waals surface area (Å²) in [6.07, 6.45) is 0. The lowest BCUT2D eigenvalue weighted by Crippen LogP contribution is -2.32. The fourth-order valence-corrected chi connectivity index (χ4v) is 3.44. The number of nitro groups is 1. The fourth-order valence-electron chi connectivity index (χ4n) is 1.67. The van der Waals surface area contributed by atoms with Crippen LogP contribution in [-0.2, 0) is 12.3 Å². The molecule has 0 unspecified atom stereocenters. The molecule has 1 aromatic rings. The number of rotatable bonds is 11. The third-order valence-electron chi connectivity index (χ3n) is 2.56. The van der Waals surface area contributed by atoms with Gasteiger partial charge in [0.15, 0.2) is 5.84 Å². The van der Waals surface area contributed by atoms with Crippen LogP contribution in [0.15, 0.2) is 10.4 Å². The number of aliphatic imine (C=N–C) groups is 1. The largest absolute Gasteiger partial charge is 0.394 e. The Labute approximate surface area is 144 Å². The van der Waals surface area contributed by atoms with E-state index in [1.807, 2.05) is 14.1 Å². The molecule has 0 aromatic carbocycles. The maximum absolute atomic E-state index is 10.5. The number of thiazole rings is 1. The van der Waals surface area contributed by atoms with Gasteiger partial charge in [0.05, 0.1) is 18.8 Å². The van der Waals surface area contributed by atoms with Gasteiger partial charge < -0.3 is 15.3 Å². The first-order valence-electron chi connectivity index (χ1n) is 7.17.